The number of aromatic nitrogens is 2. The van der Waals surface area contributed by atoms with E-state index in [9.17, 15) is 18.0 Å². The third-order valence-electron chi connectivity index (χ3n) is 2.13. The van der Waals surface area contributed by atoms with Crippen molar-refractivity contribution < 1.29 is 13.2 Å². The summed E-state index contributed by atoms with van der Waals surface area (Å²) in [4.78, 5) is 17.3. The second-order valence-electron chi connectivity index (χ2n) is 3.36. The molecule has 1 N–H and O–H groups in total. The van der Waals surface area contributed by atoms with Gasteiger partial charge in [-0.2, -0.15) is 13.2 Å². The highest BCUT2D eigenvalue weighted by atomic mass is 19.4. The van der Waals surface area contributed by atoms with Crippen LogP contribution in [0.2, 0.25) is 0 Å². The summed E-state index contributed by atoms with van der Waals surface area (Å²) < 4.78 is 37.4. The van der Waals surface area contributed by atoms with Crippen molar-refractivity contribution in [3.8, 4) is 11.4 Å². The van der Waals surface area contributed by atoms with E-state index in [2.05, 4.69) is 9.97 Å². The third kappa shape index (κ3) is 3.94. The number of halogens is 3. The number of H-pyrrole nitrogens is 1. The zero-order valence-electron chi connectivity index (χ0n) is 10.5. The first-order valence-electron chi connectivity index (χ1n) is 5.70. The molecule has 2 rings (SSSR count). The molecule has 0 aliphatic heterocycles. The molecule has 6 heteroatoms. The minimum atomic E-state index is -4.42. The summed E-state index contributed by atoms with van der Waals surface area (Å²) in [7, 11) is 0. The molecule has 2 aromatic heterocycles. The molecule has 0 saturated carbocycles. The van der Waals surface area contributed by atoms with Crippen molar-refractivity contribution in [2.45, 2.75) is 20.0 Å². The summed E-state index contributed by atoms with van der Waals surface area (Å²) in [5.41, 5.74) is -0.852. The van der Waals surface area contributed by atoms with Crippen molar-refractivity contribution in [3.63, 3.8) is 0 Å². The van der Waals surface area contributed by atoms with Crippen molar-refractivity contribution in [2.24, 2.45) is 0 Å². The van der Waals surface area contributed by atoms with Crippen molar-refractivity contribution in [2.75, 3.05) is 0 Å². The van der Waals surface area contributed by atoms with Crippen LogP contribution in [0.5, 0.6) is 0 Å². The number of alkyl halides is 3. The number of rotatable bonds is 1. The Morgan fingerprint density at radius 1 is 1.16 bits per heavy atom. The molecular formula is C13H13F3N2O. The van der Waals surface area contributed by atoms with Crippen LogP contribution < -0.4 is 5.56 Å². The minimum absolute atomic E-state index is 0.0810. The second-order valence-corrected chi connectivity index (χ2v) is 3.36. The Morgan fingerprint density at radius 3 is 2.42 bits per heavy atom. The standard InChI is InChI=1S/C11H7F3N2O.C2H6/c12-11(13,14)7-4-5-15-9(6-7)8-2-1-3-10(17)16-8;1-2/h1-6H,(H,16,17);1-2H3. The number of nitrogens with zero attached hydrogens (tertiary/aromatic N) is 1. The van der Waals surface area contributed by atoms with E-state index in [1.807, 2.05) is 13.8 Å². The van der Waals surface area contributed by atoms with Gasteiger partial charge in [0, 0.05) is 12.3 Å². The summed E-state index contributed by atoms with van der Waals surface area (Å²) in [6, 6.07) is 5.99. The van der Waals surface area contributed by atoms with Gasteiger partial charge >= 0.3 is 6.18 Å². The maximum atomic E-state index is 12.5. The minimum Gasteiger partial charge on any atom is -0.321 e. The lowest BCUT2D eigenvalue weighted by Crippen LogP contribution is -2.07. The number of pyridine rings is 2. The number of aromatic amines is 1. The quantitative estimate of drug-likeness (QED) is 0.862. The predicted octanol–water partition coefficient (Wildman–Crippen LogP) is 3.48. The SMILES string of the molecule is CC.O=c1cccc(-c2cc(C(F)(F)F)ccn2)[nH]1. The maximum absolute atomic E-state index is 12.5. The molecule has 0 saturated heterocycles. The number of hydrogen-bond acceptors (Lipinski definition) is 2. The molecule has 19 heavy (non-hydrogen) atoms. The van der Waals surface area contributed by atoms with E-state index in [1.165, 1.54) is 18.2 Å². The zero-order chi connectivity index (χ0) is 14.5. The summed E-state index contributed by atoms with van der Waals surface area (Å²) in [6.45, 7) is 4.00. The molecule has 0 radical (unpaired) electrons. The van der Waals surface area contributed by atoms with Crippen LogP contribution in [0.4, 0.5) is 13.2 Å². The maximum Gasteiger partial charge on any atom is 0.416 e. The fourth-order valence-corrected chi connectivity index (χ4v) is 1.35. The van der Waals surface area contributed by atoms with E-state index in [0.29, 0.717) is 0 Å². The van der Waals surface area contributed by atoms with Crippen LogP contribution in [-0.2, 0) is 6.18 Å². The van der Waals surface area contributed by atoms with Gasteiger partial charge in [0.15, 0.2) is 0 Å². The Morgan fingerprint density at radius 2 is 1.84 bits per heavy atom. The summed E-state index contributed by atoms with van der Waals surface area (Å²) in [5.74, 6) is 0. The molecule has 0 spiro atoms. The van der Waals surface area contributed by atoms with Crippen molar-refractivity contribution >= 4 is 0 Å². The molecule has 0 atom stereocenters. The third-order valence-corrected chi connectivity index (χ3v) is 2.13. The molecule has 0 aliphatic rings. The molecule has 0 amide bonds. The van der Waals surface area contributed by atoms with Crippen LogP contribution in [0.25, 0.3) is 11.4 Å². The average Bonchev–Trinajstić information content (AvgIpc) is 2.40. The average molecular weight is 270 g/mol. The van der Waals surface area contributed by atoms with Crippen LogP contribution in [0.3, 0.4) is 0 Å². The lowest BCUT2D eigenvalue weighted by molar-refractivity contribution is -0.137. The Bertz CT molecular complexity index is 591. The predicted molar refractivity (Wildman–Crippen MR) is 66.6 cm³/mol. The fourth-order valence-electron chi connectivity index (χ4n) is 1.35. The lowest BCUT2D eigenvalue weighted by atomic mass is 10.2. The molecule has 2 aromatic rings. The Hall–Kier alpha value is -2.11. The highest BCUT2D eigenvalue weighted by molar-refractivity contribution is 5.54. The molecule has 3 nitrogen and oxygen atoms in total. The first-order chi connectivity index (χ1) is 8.97. The molecule has 102 valence electrons. The lowest BCUT2D eigenvalue weighted by Gasteiger charge is -2.07. The first kappa shape index (κ1) is 14.9. The van der Waals surface area contributed by atoms with E-state index in [-0.39, 0.29) is 16.9 Å². The summed E-state index contributed by atoms with van der Waals surface area (Å²) in [6.07, 6.45) is -3.36. The van der Waals surface area contributed by atoms with Gasteiger partial charge in [-0.1, -0.05) is 19.9 Å². The smallest absolute Gasteiger partial charge is 0.321 e. The van der Waals surface area contributed by atoms with Gasteiger partial charge in [-0.3, -0.25) is 9.78 Å². The van der Waals surface area contributed by atoms with Gasteiger partial charge in [-0.05, 0) is 18.2 Å². The van der Waals surface area contributed by atoms with Crippen LogP contribution in [0.1, 0.15) is 19.4 Å². The van der Waals surface area contributed by atoms with Gasteiger partial charge in [-0.15, -0.1) is 0 Å². The Kier molecular flexibility index (Phi) is 4.86. The molecular weight excluding hydrogens is 257 g/mol. The fraction of sp³-hybridized carbons (Fsp3) is 0.231. The monoisotopic (exact) mass is 270 g/mol. The van der Waals surface area contributed by atoms with Crippen LogP contribution in [0.15, 0.2) is 41.3 Å². The Balaban J connectivity index is 0.000000861. The van der Waals surface area contributed by atoms with E-state index in [4.69, 9.17) is 0 Å². The highest BCUT2D eigenvalue weighted by Crippen LogP contribution is 2.30. The van der Waals surface area contributed by atoms with Crippen LogP contribution in [-0.4, -0.2) is 9.97 Å². The highest BCUT2D eigenvalue weighted by Gasteiger charge is 2.30. The molecule has 0 aromatic carbocycles. The van der Waals surface area contributed by atoms with Crippen molar-refractivity contribution in [1.82, 2.24) is 9.97 Å². The molecule has 2 heterocycles. The summed E-state index contributed by atoms with van der Waals surface area (Å²) in [5, 5.41) is 0. The number of hydrogen-bond donors (Lipinski definition) is 1. The van der Waals surface area contributed by atoms with Gasteiger partial charge in [0.1, 0.15) is 0 Å². The van der Waals surface area contributed by atoms with Crippen LogP contribution >= 0.6 is 0 Å². The van der Waals surface area contributed by atoms with Gasteiger partial charge in [0.2, 0.25) is 5.56 Å². The molecule has 0 bridgehead atoms. The van der Waals surface area contributed by atoms with Gasteiger partial charge in [0.05, 0.1) is 17.0 Å². The normalized spacial score (nSPS) is 10.6. The summed E-state index contributed by atoms with van der Waals surface area (Å²) >= 11 is 0. The first-order valence-corrected chi connectivity index (χ1v) is 5.70. The second kappa shape index (κ2) is 6.17. The van der Waals surface area contributed by atoms with E-state index >= 15 is 0 Å². The number of nitrogens with one attached hydrogen (secondary N) is 1. The Labute approximate surface area is 108 Å². The molecule has 0 fully saturated rings. The van der Waals surface area contributed by atoms with E-state index in [0.717, 1.165) is 18.3 Å². The van der Waals surface area contributed by atoms with Crippen molar-refractivity contribution in [3.05, 3.63) is 52.4 Å². The molecule has 0 unspecified atom stereocenters. The largest absolute Gasteiger partial charge is 0.416 e. The van der Waals surface area contributed by atoms with Gasteiger partial charge in [0.25, 0.3) is 0 Å². The van der Waals surface area contributed by atoms with E-state index in [1.54, 1.807) is 0 Å². The van der Waals surface area contributed by atoms with Crippen LogP contribution in [0, 0.1) is 0 Å². The van der Waals surface area contributed by atoms with Gasteiger partial charge < -0.3 is 4.98 Å². The topological polar surface area (TPSA) is 45.8 Å². The zero-order valence-corrected chi connectivity index (χ0v) is 10.5. The van der Waals surface area contributed by atoms with Crippen molar-refractivity contribution in [1.29, 1.82) is 0 Å². The van der Waals surface area contributed by atoms with Gasteiger partial charge in [-0.25, -0.2) is 0 Å². The van der Waals surface area contributed by atoms with E-state index < -0.39 is 11.7 Å². The molecule has 0 aliphatic carbocycles.